The number of likely N-dealkylation sites (N-methyl/N-ethyl adjacent to an activating group) is 1. The van der Waals surface area contributed by atoms with Gasteiger partial charge >= 0.3 is 18.0 Å². The zero-order valence-electron chi connectivity index (χ0n) is 29.0. The van der Waals surface area contributed by atoms with Crippen LogP contribution in [0.3, 0.4) is 0 Å². The summed E-state index contributed by atoms with van der Waals surface area (Å²) in [4.78, 5) is 83.5. The summed E-state index contributed by atoms with van der Waals surface area (Å²) < 4.78 is 0. The number of carboxylic acids is 1. The smallest absolute Gasteiger partial charge is 0.328 e. The maximum Gasteiger partial charge on any atom is 0.328 e. The summed E-state index contributed by atoms with van der Waals surface area (Å²) in [6.07, 6.45) is 4.31. The van der Waals surface area contributed by atoms with Crippen LogP contribution in [-0.4, -0.2) is 86.8 Å². The number of urea groups is 2. The van der Waals surface area contributed by atoms with Gasteiger partial charge in [0.2, 0.25) is 11.8 Å². The largest absolute Gasteiger partial charge is 0.481 e. The molecule has 1 atom stereocenters. The van der Waals surface area contributed by atoms with Gasteiger partial charge in [-0.3, -0.25) is 29.0 Å². The third kappa shape index (κ3) is 6.83. The monoisotopic (exact) mass is 686 g/mol. The van der Waals surface area contributed by atoms with Crippen molar-refractivity contribution >= 4 is 47.1 Å². The summed E-state index contributed by atoms with van der Waals surface area (Å²) in [5.74, 6) is -1.67. The van der Waals surface area contributed by atoms with Crippen molar-refractivity contribution in [3.8, 4) is 0 Å². The molecule has 266 valence electrons. The predicted molar refractivity (Wildman–Crippen MR) is 185 cm³/mol. The molecule has 0 spiro atoms. The first-order valence-electron chi connectivity index (χ1n) is 17.4. The van der Waals surface area contributed by atoms with Crippen LogP contribution in [0.15, 0.2) is 48.5 Å². The topological polar surface area (TPSA) is 168 Å². The fraction of sp³-hybridized carbons (Fsp3) is 0.514. The minimum atomic E-state index is -1.28. The number of hydrogen-bond acceptors (Lipinski definition) is 7. The van der Waals surface area contributed by atoms with Gasteiger partial charge < -0.3 is 26.0 Å². The highest BCUT2D eigenvalue weighted by Gasteiger charge is 2.55. The standard InChI is InChI=1S/C37H46N6O7/c1-21-7-5-6-8-28(21)40-35(49)39-27-11-9-22(10-12-27)19-42-36(50)41(34(48)37(42,2)3)20-30(44)43(33(47)29(38-4)18-31(45)46)32-25-14-23-13-24(16-25)17-26(32)15-23/h5-12,23-26,29,32,38H,13-20H2,1-4H3,(H,45,46)(H2,39,40,49)/t23?,24?,25?,26?,29-,32?/m0/s1. The van der Waals surface area contributed by atoms with Crippen molar-refractivity contribution < 1.29 is 33.9 Å². The Balaban J connectivity index is 1.16. The van der Waals surface area contributed by atoms with Gasteiger partial charge in [0.1, 0.15) is 12.1 Å². The van der Waals surface area contributed by atoms with Gasteiger partial charge in [0, 0.05) is 24.0 Å². The fourth-order valence-corrected chi connectivity index (χ4v) is 8.82. The highest BCUT2D eigenvalue weighted by Crippen LogP contribution is 2.55. The number of nitrogens with zero attached hydrogens (tertiary/aromatic N) is 3. The molecule has 4 bridgehead atoms. The van der Waals surface area contributed by atoms with E-state index in [9.17, 15) is 33.9 Å². The first-order chi connectivity index (χ1) is 23.8. The van der Waals surface area contributed by atoms with Crippen molar-refractivity contribution in [3.05, 3.63) is 59.7 Å². The quantitative estimate of drug-likeness (QED) is 0.252. The number of carbonyl (C=O) groups excluding carboxylic acids is 5. The third-order valence-electron chi connectivity index (χ3n) is 11.2. The van der Waals surface area contributed by atoms with Crippen LogP contribution in [0.2, 0.25) is 0 Å². The molecule has 2 aromatic rings. The van der Waals surface area contributed by atoms with Crippen molar-refractivity contribution in [2.45, 2.75) is 83.5 Å². The van der Waals surface area contributed by atoms with Crippen LogP contribution < -0.4 is 16.0 Å². The molecule has 4 aliphatic carbocycles. The van der Waals surface area contributed by atoms with E-state index in [-0.39, 0.29) is 18.4 Å². The molecule has 13 nitrogen and oxygen atoms in total. The molecule has 5 fully saturated rings. The molecule has 0 aromatic heterocycles. The highest BCUT2D eigenvalue weighted by atomic mass is 16.4. The molecular formula is C37H46N6O7. The van der Waals surface area contributed by atoms with Gasteiger partial charge in [-0.1, -0.05) is 30.3 Å². The number of aliphatic carboxylic acids is 1. The summed E-state index contributed by atoms with van der Waals surface area (Å²) in [5, 5.41) is 17.9. The Bertz CT molecular complexity index is 1660. The molecule has 4 N–H and O–H groups in total. The molecule has 0 unspecified atom stereocenters. The number of hydrogen-bond donors (Lipinski definition) is 4. The normalized spacial score (nSPS) is 25.4. The van der Waals surface area contributed by atoms with Crippen LogP contribution >= 0.6 is 0 Å². The van der Waals surface area contributed by atoms with Gasteiger partial charge in [-0.15, -0.1) is 0 Å². The SMILES string of the molecule is CN[C@@H](CC(=O)O)C(=O)N(C(=O)CN1C(=O)N(Cc2ccc(NC(=O)Nc3ccccc3C)cc2)C(C)(C)C1=O)C1C2CC3CC(C2)CC1C3. The Morgan fingerprint density at radius 1 is 0.920 bits per heavy atom. The molecule has 0 radical (unpaired) electrons. The molecule has 5 aliphatic rings. The fourth-order valence-electron chi connectivity index (χ4n) is 8.82. The van der Waals surface area contributed by atoms with Crippen LogP contribution in [0.25, 0.3) is 0 Å². The van der Waals surface area contributed by atoms with E-state index >= 15 is 0 Å². The van der Waals surface area contributed by atoms with Crippen molar-refractivity contribution in [2.75, 3.05) is 24.2 Å². The number of carbonyl (C=O) groups is 6. The number of aryl methyl sites for hydroxylation is 1. The second kappa shape index (κ2) is 13.9. The number of benzene rings is 2. The summed E-state index contributed by atoms with van der Waals surface area (Å²) in [6, 6.07) is 11.7. The molecule has 1 saturated heterocycles. The lowest BCUT2D eigenvalue weighted by Gasteiger charge is -2.56. The van der Waals surface area contributed by atoms with Crippen molar-refractivity contribution in [3.63, 3.8) is 0 Å². The average molecular weight is 687 g/mol. The first-order valence-corrected chi connectivity index (χ1v) is 17.4. The molecule has 4 saturated carbocycles. The van der Waals surface area contributed by atoms with Gasteiger partial charge in [0.15, 0.2) is 0 Å². The van der Waals surface area contributed by atoms with Crippen LogP contribution in [0, 0.1) is 30.6 Å². The highest BCUT2D eigenvalue weighted by molar-refractivity contribution is 6.10. The maximum atomic E-state index is 14.2. The summed E-state index contributed by atoms with van der Waals surface area (Å²) in [6.45, 7) is 4.58. The number of amides is 7. The van der Waals surface area contributed by atoms with E-state index in [0.717, 1.165) is 36.1 Å². The van der Waals surface area contributed by atoms with E-state index in [1.807, 2.05) is 31.2 Å². The van der Waals surface area contributed by atoms with Crippen molar-refractivity contribution in [2.24, 2.45) is 23.7 Å². The van der Waals surface area contributed by atoms with E-state index in [2.05, 4.69) is 16.0 Å². The Hall–Kier alpha value is -4.78. The lowest BCUT2D eigenvalue weighted by molar-refractivity contribution is -0.162. The van der Waals surface area contributed by atoms with E-state index in [0.29, 0.717) is 28.8 Å². The van der Waals surface area contributed by atoms with Crippen LogP contribution in [0.4, 0.5) is 21.0 Å². The lowest BCUT2D eigenvalue weighted by Crippen LogP contribution is -2.63. The minimum Gasteiger partial charge on any atom is -0.481 e. The minimum absolute atomic E-state index is 0.0661. The second-order valence-electron chi connectivity index (χ2n) is 14.9. The Labute approximate surface area is 291 Å². The van der Waals surface area contributed by atoms with Gasteiger partial charge in [-0.2, -0.15) is 0 Å². The molecule has 1 heterocycles. The number of anilines is 2. The second-order valence-corrected chi connectivity index (χ2v) is 14.9. The third-order valence-corrected chi connectivity index (χ3v) is 11.2. The number of para-hydroxylation sites is 1. The van der Waals surface area contributed by atoms with Crippen LogP contribution in [0.5, 0.6) is 0 Å². The van der Waals surface area contributed by atoms with E-state index in [1.165, 1.54) is 23.3 Å². The molecule has 7 amide bonds. The molecule has 1 aliphatic heterocycles. The zero-order valence-corrected chi connectivity index (χ0v) is 29.0. The van der Waals surface area contributed by atoms with Gasteiger partial charge in [0.25, 0.3) is 5.91 Å². The zero-order chi connectivity index (χ0) is 35.9. The van der Waals surface area contributed by atoms with E-state index < -0.39 is 66.3 Å². The van der Waals surface area contributed by atoms with E-state index in [4.69, 9.17) is 0 Å². The Morgan fingerprint density at radius 3 is 2.12 bits per heavy atom. The number of imide groups is 2. The van der Waals surface area contributed by atoms with Gasteiger partial charge in [-0.25, -0.2) is 9.59 Å². The number of rotatable bonds is 11. The Kier molecular flexibility index (Phi) is 9.71. The van der Waals surface area contributed by atoms with Crippen LogP contribution in [-0.2, 0) is 25.7 Å². The number of carboxylic acid groups (broad SMARTS) is 1. The van der Waals surface area contributed by atoms with E-state index in [1.54, 1.807) is 38.1 Å². The summed E-state index contributed by atoms with van der Waals surface area (Å²) in [5.41, 5.74) is 1.57. The molecular weight excluding hydrogens is 640 g/mol. The predicted octanol–water partition coefficient (Wildman–Crippen LogP) is 4.42. The Morgan fingerprint density at radius 2 is 1.54 bits per heavy atom. The summed E-state index contributed by atoms with van der Waals surface area (Å²) >= 11 is 0. The van der Waals surface area contributed by atoms with Gasteiger partial charge in [-0.05, 0) is 113 Å². The first kappa shape index (κ1) is 35.1. The lowest BCUT2D eigenvalue weighted by atomic mass is 9.53. The van der Waals surface area contributed by atoms with Gasteiger partial charge in [0.05, 0.1) is 12.5 Å². The molecule has 50 heavy (non-hydrogen) atoms. The molecule has 13 heteroatoms. The van der Waals surface area contributed by atoms with Crippen LogP contribution in [0.1, 0.15) is 63.5 Å². The maximum absolute atomic E-state index is 14.2. The average Bonchev–Trinajstić information content (AvgIpc) is 3.21. The molecule has 2 aromatic carbocycles. The van der Waals surface area contributed by atoms with Crippen molar-refractivity contribution in [1.29, 1.82) is 0 Å². The number of nitrogens with one attached hydrogen (secondary N) is 3. The molecule has 7 rings (SSSR count). The summed E-state index contributed by atoms with van der Waals surface area (Å²) in [7, 11) is 1.49. The van der Waals surface area contributed by atoms with Crippen molar-refractivity contribution in [1.82, 2.24) is 20.0 Å².